The van der Waals surface area contributed by atoms with Crippen LogP contribution in [0.5, 0.6) is 0 Å². The van der Waals surface area contributed by atoms with E-state index in [2.05, 4.69) is 16.5 Å². The van der Waals surface area contributed by atoms with Gasteiger partial charge >= 0.3 is 0 Å². The molecule has 1 saturated heterocycles. The predicted octanol–water partition coefficient (Wildman–Crippen LogP) is 3.40. The number of carbonyl (C=O) groups excluding carboxylic acids is 2. The Kier molecular flexibility index (Phi) is 13.4. The molecule has 0 aliphatic carbocycles. The van der Waals surface area contributed by atoms with E-state index >= 15 is 0 Å². The summed E-state index contributed by atoms with van der Waals surface area (Å²) >= 11 is 0. The maximum Gasteiger partial charge on any atom is 0.234 e. The third-order valence-corrected chi connectivity index (χ3v) is 3.26. The summed E-state index contributed by atoms with van der Waals surface area (Å²) in [5.41, 5.74) is 1.60. The number of imide groups is 1. The normalized spacial score (nSPS) is 15.6. The number of nitrogens with one attached hydrogen (secondary N) is 1. The van der Waals surface area contributed by atoms with Crippen LogP contribution in [0.25, 0.3) is 10.9 Å². The van der Waals surface area contributed by atoms with Crippen LogP contribution in [0, 0.1) is 57.6 Å². The Labute approximate surface area is 181 Å². The summed E-state index contributed by atoms with van der Waals surface area (Å²) in [6.45, 7) is 8.00. The molecule has 1 radical (unpaired) electrons. The van der Waals surface area contributed by atoms with E-state index in [1.54, 1.807) is 4.68 Å². The number of carbonyl (C=O) groups is 2. The molecule has 3 rings (SSSR count). The summed E-state index contributed by atoms with van der Waals surface area (Å²) in [6.07, 6.45) is 0.886. The van der Waals surface area contributed by atoms with Crippen molar-refractivity contribution in [3.63, 3.8) is 0 Å². The number of aromatic nitrogens is 2. The Hall–Kier alpha value is -0.728. The fourth-order valence-corrected chi connectivity index (χ4v) is 2.38. The van der Waals surface area contributed by atoms with E-state index < -0.39 is 0 Å². The molecule has 1 aliphatic rings. The molecule has 1 N–H and O–H groups in total. The van der Waals surface area contributed by atoms with Gasteiger partial charge in [-0.3, -0.25) is 19.6 Å². The SMILES string of the molecule is CC.CC.Cn1nc(C2CCC(=O)NC2=O)c2ccc[c-]c21.[Ac].[CH3-]. The molecule has 1 aliphatic heterocycles. The Balaban J connectivity index is 0. The standard InChI is InChI=1S/C13H12N3O2.2C2H6.CH3.Ac/c1-16-10-5-3-2-4-8(10)12(15-16)9-6-7-11(17)14-13(9)18;2*1-2;;/h2-4,9H,6-7H2,1H3,(H,14,17,18);2*1-2H3;1H3;/q-1;;;-1;. The van der Waals surface area contributed by atoms with Crippen molar-refractivity contribution in [1.82, 2.24) is 15.1 Å². The second-order valence-corrected chi connectivity index (χ2v) is 4.44. The van der Waals surface area contributed by atoms with Crippen LogP contribution < -0.4 is 5.32 Å². The minimum absolute atomic E-state index is 0. The van der Waals surface area contributed by atoms with Gasteiger partial charge in [-0.05, 0) is 11.9 Å². The first-order chi connectivity index (χ1) is 10.7. The third kappa shape index (κ3) is 5.67. The van der Waals surface area contributed by atoms with Crippen LogP contribution >= 0.6 is 0 Å². The fraction of sp³-hybridized carbons (Fsp3) is 0.444. The van der Waals surface area contributed by atoms with Crippen LogP contribution in [-0.2, 0) is 16.6 Å². The molecule has 24 heavy (non-hydrogen) atoms. The predicted molar refractivity (Wildman–Crippen MR) is 93.8 cm³/mol. The van der Waals surface area contributed by atoms with Crippen molar-refractivity contribution in [2.24, 2.45) is 7.05 Å². The number of benzene rings is 1. The average Bonchev–Trinajstić information content (AvgIpc) is 2.89. The van der Waals surface area contributed by atoms with Gasteiger partial charge in [0.1, 0.15) is 0 Å². The van der Waals surface area contributed by atoms with Gasteiger partial charge in [-0.25, -0.2) is 0 Å². The number of amides is 2. The largest absolute Gasteiger partial charge is 0.358 e. The molecule has 1 aromatic carbocycles. The number of hydrogen-bond donors (Lipinski definition) is 1. The van der Waals surface area contributed by atoms with Crippen LogP contribution in [0.3, 0.4) is 0 Å². The number of rotatable bonds is 1. The van der Waals surface area contributed by atoms with Gasteiger partial charge in [0.25, 0.3) is 0 Å². The van der Waals surface area contributed by atoms with Gasteiger partial charge in [-0.2, -0.15) is 29.4 Å². The minimum Gasteiger partial charge on any atom is -0.358 e. The number of nitrogens with zero attached hydrogens (tertiary/aromatic N) is 2. The van der Waals surface area contributed by atoms with Crippen molar-refractivity contribution in [2.45, 2.75) is 46.5 Å². The summed E-state index contributed by atoms with van der Waals surface area (Å²) in [4.78, 5) is 23.0. The van der Waals surface area contributed by atoms with Crippen molar-refractivity contribution in [3.05, 3.63) is 37.4 Å². The second-order valence-electron chi connectivity index (χ2n) is 4.44. The van der Waals surface area contributed by atoms with E-state index in [9.17, 15) is 9.59 Å². The molecule has 0 spiro atoms. The monoisotopic (exact) mass is 544 g/mol. The van der Waals surface area contributed by atoms with Crippen molar-refractivity contribution in [1.29, 1.82) is 0 Å². The van der Waals surface area contributed by atoms with Crippen molar-refractivity contribution >= 4 is 22.7 Å². The van der Waals surface area contributed by atoms with Crippen LogP contribution in [0.2, 0.25) is 0 Å². The molecule has 1 unspecified atom stereocenters. The topological polar surface area (TPSA) is 64.0 Å². The molecule has 131 valence electrons. The molecule has 2 amide bonds. The third-order valence-electron chi connectivity index (χ3n) is 3.26. The average molecular weight is 544 g/mol. The van der Waals surface area contributed by atoms with Gasteiger partial charge in [0.05, 0.1) is 5.92 Å². The van der Waals surface area contributed by atoms with Crippen molar-refractivity contribution in [2.75, 3.05) is 0 Å². The van der Waals surface area contributed by atoms with Crippen LogP contribution in [0.4, 0.5) is 0 Å². The molecule has 0 bridgehead atoms. The van der Waals surface area contributed by atoms with E-state index in [0.29, 0.717) is 12.8 Å². The first-order valence-electron chi connectivity index (χ1n) is 7.84. The molecule has 1 aromatic heterocycles. The summed E-state index contributed by atoms with van der Waals surface area (Å²) in [5.74, 6) is -0.805. The van der Waals surface area contributed by atoms with E-state index in [0.717, 1.165) is 16.6 Å². The fourth-order valence-electron chi connectivity index (χ4n) is 2.38. The first-order valence-corrected chi connectivity index (χ1v) is 7.84. The van der Waals surface area contributed by atoms with Crippen molar-refractivity contribution < 1.29 is 53.7 Å². The van der Waals surface area contributed by atoms with E-state index in [-0.39, 0.29) is 69.2 Å². The number of para-hydroxylation sites is 1. The van der Waals surface area contributed by atoms with E-state index in [1.165, 1.54) is 0 Å². The molecule has 2 aromatic rings. The molecule has 0 saturated carbocycles. The van der Waals surface area contributed by atoms with Crippen LogP contribution in [-0.4, -0.2) is 21.6 Å². The Morgan fingerprint density at radius 3 is 2.46 bits per heavy atom. The molecule has 2 heterocycles. The van der Waals surface area contributed by atoms with E-state index in [1.807, 2.05) is 52.9 Å². The number of aryl methyl sites for hydroxylation is 1. The molecule has 1 fully saturated rings. The number of fused-ring (bicyclic) bond motifs is 1. The summed E-state index contributed by atoms with van der Waals surface area (Å²) in [7, 11) is 1.83. The zero-order valence-corrected chi connectivity index (χ0v) is 20.3. The molecule has 5 nitrogen and oxygen atoms in total. The maximum atomic E-state index is 11.9. The summed E-state index contributed by atoms with van der Waals surface area (Å²) in [5, 5.41) is 7.69. The van der Waals surface area contributed by atoms with Gasteiger partial charge in [0, 0.05) is 63.2 Å². The maximum absolute atomic E-state index is 11.9. The van der Waals surface area contributed by atoms with Gasteiger partial charge < -0.3 is 7.43 Å². The molecular weight excluding hydrogens is 517 g/mol. The van der Waals surface area contributed by atoms with Crippen molar-refractivity contribution in [3.8, 4) is 0 Å². The zero-order chi connectivity index (χ0) is 16.7. The number of piperidine rings is 1. The van der Waals surface area contributed by atoms with Crippen LogP contribution in [0.1, 0.15) is 52.1 Å². The first kappa shape index (κ1) is 25.5. The Morgan fingerprint density at radius 1 is 1.25 bits per heavy atom. The van der Waals surface area contributed by atoms with Gasteiger partial charge in [0.15, 0.2) is 0 Å². The van der Waals surface area contributed by atoms with Gasteiger partial charge in [0.2, 0.25) is 11.8 Å². The van der Waals surface area contributed by atoms with Gasteiger partial charge in [-0.15, -0.1) is 0 Å². The second kappa shape index (κ2) is 12.6. The zero-order valence-electron chi connectivity index (χ0n) is 15.5. The van der Waals surface area contributed by atoms with Crippen LogP contribution in [0.15, 0.2) is 18.2 Å². The van der Waals surface area contributed by atoms with Gasteiger partial charge in [-0.1, -0.05) is 33.1 Å². The molecule has 1 atom stereocenters. The Bertz CT molecular complexity index is 653. The summed E-state index contributed by atoms with van der Waals surface area (Å²) in [6, 6.07) is 8.72. The molecule has 6 heteroatoms. The number of hydrogen-bond acceptors (Lipinski definition) is 3. The molecular formula is C18H27AcN3O2-2. The minimum atomic E-state index is -0.345. The summed E-state index contributed by atoms with van der Waals surface area (Å²) < 4.78 is 1.72. The van der Waals surface area contributed by atoms with E-state index in [4.69, 9.17) is 0 Å². The quantitative estimate of drug-likeness (QED) is 0.443. The Morgan fingerprint density at radius 2 is 1.88 bits per heavy atom. The smallest absolute Gasteiger partial charge is 0.234 e.